The molecule has 1 heterocycles. The first kappa shape index (κ1) is 19.2. The van der Waals surface area contributed by atoms with Gasteiger partial charge in [0.1, 0.15) is 0 Å². The van der Waals surface area contributed by atoms with E-state index in [9.17, 15) is 9.59 Å². The van der Waals surface area contributed by atoms with Gasteiger partial charge in [-0.05, 0) is 11.6 Å². The van der Waals surface area contributed by atoms with Gasteiger partial charge in [0, 0.05) is 31.0 Å². The number of guanidine groups is 1. The number of anilines is 1. The van der Waals surface area contributed by atoms with Crippen molar-refractivity contribution in [3.8, 4) is 11.3 Å². The fraction of sp³-hybridized carbons (Fsp3) is 0.250. The van der Waals surface area contributed by atoms with Crippen LogP contribution in [0.4, 0.5) is 9.93 Å². The molecule has 0 aliphatic heterocycles. The molecule has 0 unspecified atom stereocenters. The predicted molar refractivity (Wildman–Crippen MR) is 103 cm³/mol. The number of amides is 3. The van der Waals surface area contributed by atoms with Crippen LogP contribution in [-0.4, -0.2) is 36.0 Å². The molecule has 0 aliphatic rings. The molecular weight excluding hydrogens is 354 g/mol. The van der Waals surface area contributed by atoms with Gasteiger partial charge >= 0.3 is 6.03 Å². The highest BCUT2D eigenvalue weighted by atomic mass is 32.1. The maximum atomic E-state index is 11.0. The number of urea groups is 1. The van der Waals surface area contributed by atoms with Gasteiger partial charge in [0.15, 0.2) is 11.1 Å². The van der Waals surface area contributed by atoms with Crippen molar-refractivity contribution >= 4 is 34.4 Å². The molecule has 2 rings (SSSR count). The first-order chi connectivity index (χ1) is 12.4. The van der Waals surface area contributed by atoms with E-state index < -0.39 is 6.03 Å². The van der Waals surface area contributed by atoms with Gasteiger partial charge in [-0.1, -0.05) is 18.2 Å². The van der Waals surface area contributed by atoms with Crippen molar-refractivity contribution < 1.29 is 9.59 Å². The van der Waals surface area contributed by atoms with Crippen LogP contribution >= 0.6 is 11.3 Å². The number of rotatable bonds is 7. The molecule has 26 heavy (non-hydrogen) atoms. The fourth-order valence-corrected chi connectivity index (χ4v) is 2.76. The number of nitrogens with one attached hydrogen (secondary N) is 3. The summed E-state index contributed by atoms with van der Waals surface area (Å²) in [6.45, 7) is 2.57. The SMILES string of the molecule is CC(=O)NCc1cccc(-c2csc(NC(N)=NCCNC(N)=O)n2)c1. The third-order valence-corrected chi connectivity index (χ3v) is 3.95. The number of hydrogen-bond acceptors (Lipinski definition) is 5. The standard InChI is InChI=1S/C16H21N7O2S/c1-10(24)21-8-11-3-2-4-12(7-11)13-9-26-16(22-13)23-14(17)19-5-6-20-15(18)25/h2-4,7,9H,5-6,8H2,1H3,(H,21,24)(H3,18,20,25)(H3,17,19,22,23). The molecule has 3 amide bonds. The molecule has 2 aromatic rings. The summed E-state index contributed by atoms with van der Waals surface area (Å²) in [5, 5.41) is 10.6. The van der Waals surface area contributed by atoms with Crippen LogP contribution in [0.1, 0.15) is 12.5 Å². The zero-order valence-electron chi connectivity index (χ0n) is 14.3. The molecule has 0 fully saturated rings. The minimum atomic E-state index is -0.600. The lowest BCUT2D eigenvalue weighted by Crippen LogP contribution is -2.32. The van der Waals surface area contributed by atoms with Crippen molar-refractivity contribution in [3.05, 3.63) is 35.2 Å². The highest BCUT2D eigenvalue weighted by Crippen LogP contribution is 2.25. The molecule has 1 aromatic heterocycles. The normalized spacial score (nSPS) is 11.0. The van der Waals surface area contributed by atoms with Crippen molar-refractivity contribution in [1.29, 1.82) is 0 Å². The molecule has 0 radical (unpaired) electrons. The third kappa shape index (κ3) is 6.40. The van der Waals surface area contributed by atoms with E-state index in [1.807, 2.05) is 29.6 Å². The first-order valence-electron chi connectivity index (χ1n) is 7.83. The first-order valence-corrected chi connectivity index (χ1v) is 8.71. The number of primary amides is 1. The van der Waals surface area contributed by atoms with Crippen LogP contribution in [0.2, 0.25) is 0 Å². The summed E-state index contributed by atoms with van der Waals surface area (Å²) in [4.78, 5) is 30.1. The predicted octanol–water partition coefficient (Wildman–Crippen LogP) is 0.841. The Hall–Kier alpha value is -3.14. The van der Waals surface area contributed by atoms with Crippen LogP contribution in [0.5, 0.6) is 0 Å². The van der Waals surface area contributed by atoms with Gasteiger partial charge in [-0.3, -0.25) is 9.79 Å². The quantitative estimate of drug-likeness (QED) is 0.276. The molecule has 7 N–H and O–H groups in total. The minimum Gasteiger partial charge on any atom is -0.370 e. The third-order valence-electron chi connectivity index (χ3n) is 3.20. The van der Waals surface area contributed by atoms with Crippen LogP contribution in [-0.2, 0) is 11.3 Å². The minimum absolute atomic E-state index is 0.0728. The Morgan fingerprint density at radius 1 is 1.27 bits per heavy atom. The lowest BCUT2D eigenvalue weighted by Gasteiger charge is -2.04. The maximum Gasteiger partial charge on any atom is 0.312 e. The number of carbonyl (C=O) groups is 2. The van der Waals surface area contributed by atoms with Gasteiger partial charge in [-0.25, -0.2) is 9.78 Å². The monoisotopic (exact) mass is 375 g/mol. The van der Waals surface area contributed by atoms with Gasteiger partial charge in [0.05, 0.1) is 12.2 Å². The number of aromatic nitrogens is 1. The van der Waals surface area contributed by atoms with Crippen molar-refractivity contribution in [2.75, 3.05) is 18.4 Å². The van der Waals surface area contributed by atoms with E-state index in [2.05, 4.69) is 25.9 Å². The lowest BCUT2D eigenvalue weighted by atomic mass is 10.1. The van der Waals surface area contributed by atoms with E-state index in [1.165, 1.54) is 18.3 Å². The number of carbonyl (C=O) groups excluding carboxylic acids is 2. The van der Waals surface area contributed by atoms with E-state index in [4.69, 9.17) is 11.5 Å². The molecule has 1 aromatic carbocycles. The van der Waals surface area contributed by atoms with Gasteiger partial charge in [0.25, 0.3) is 0 Å². The highest BCUT2D eigenvalue weighted by molar-refractivity contribution is 7.14. The van der Waals surface area contributed by atoms with Gasteiger partial charge in [-0.2, -0.15) is 0 Å². The van der Waals surface area contributed by atoms with Gasteiger partial charge in [0.2, 0.25) is 5.91 Å². The molecule has 0 atom stereocenters. The van der Waals surface area contributed by atoms with Crippen LogP contribution in [0, 0.1) is 0 Å². The largest absolute Gasteiger partial charge is 0.370 e. The summed E-state index contributed by atoms with van der Waals surface area (Å²) >= 11 is 1.40. The highest BCUT2D eigenvalue weighted by Gasteiger charge is 2.06. The molecule has 10 heteroatoms. The Bertz CT molecular complexity index is 803. The number of thiazole rings is 1. The molecule has 0 spiro atoms. The van der Waals surface area contributed by atoms with E-state index in [0.29, 0.717) is 24.8 Å². The Labute approximate surface area is 154 Å². The number of nitrogens with zero attached hydrogens (tertiary/aromatic N) is 2. The van der Waals surface area contributed by atoms with Crippen molar-refractivity contribution in [2.45, 2.75) is 13.5 Å². The zero-order chi connectivity index (χ0) is 18.9. The molecule has 0 bridgehead atoms. The Morgan fingerprint density at radius 3 is 2.81 bits per heavy atom. The van der Waals surface area contributed by atoms with E-state index in [1.54, 1.807) is 0 Å². The summed E-state index contributed by atoms with van der Waals surface area (Å²) in [7, 11) is 0. The number of benzene rings is 1. The molecule has 0 saturated heterocycles. The molecule has 9 nitrogen and oxygen atoms in total. The van der Waals surface area contributed by atoms with Crippen molar-refractivity contribution in [2.24, 2.45) is 16.5 Å². The number of aliphatic imine (C=N–C) groups is 1. The summed E-state index contributed by atoms with van der Waals surface area (Å²) in [5.74, 6) is 0.132. The van der Waals surface area contributed by atoms with Gasteiger partial charge in [-0.15, -0.1) is 11.3 Å². The lowest BCUT2D eigenvalue weighted by molar-refractivity contribution is -0.119. The topological polar surface area (TPSA) is 148 Å². The summed E-state index contributed by atoms with van der Waals surface area (Å²) in [6.07, 6.45) is 0. The zero-order valence-corrected chi connectivity index (χ0v) is 15.1. The fourth-order valence-electron chi connectivity index (χ4n) is 2.04. The van der Waals surface area contributed by atoms with Crippen LogP contribution in [0.25, 0.3) is 11.3 Å². The van der Waals surface area contributed by atoms with Crippen LogP contribution in [0.15, 0.2) is 34.6 Å². The molecule has 0 aliphatic carbocycles. The maximum absolute atomic E-state index is 11.0. The van der Waals surface area contributed by atoms with Crippen molar-refractivity contribution in [3.63, 3.8) is 0 Å². The second kappa shape index (κ2) is 9.37. The van der Waals surface area contributed by atoms with Crippen LogP contribution < -0.4 is 27.4 Å². The smallest absolute Gasteiger partial charge is 0.312 e. The number of nitrogens with two attached hydrogens (primary N) is 2. The second-order valence-electron chi connectivity index (χ2n) is 5.33. The number of hydrogen-bond donors (Lipinski definition) is 5. The Kier molecular flexibility index (Phi) is 6.92. The average molecular weight is 375 g/mol. The van der Waals surface area contributed by atoms with E-state index in [0.717, 1.165) is 16.8 Å². The van der Waals surface area contributed by atoms with Crippen molar-refractivity contribution in [1.82, 2.24) is 15.6 Å². The molecule has 0 saturated carbocycles. The van der Waals surface area contributed by atoms with Crippen LogP contribution in [0.3, 0.4) is 0 Å². The summed E-state index contributed by atoms with van der Waals surface area (Å²) in [5.41, 5.74) is 13.5. The van der Waals surface area contributed by atoms with E-state index >= 15 is 0 Å². The molecule has 138 valence electrons. The Balaban J connectivity index is 1.96. The second-order valence-corrected chi connectivity index (χ2v) is 6.19. The van der Waals surface area contributed by atoms with Gasteiger partial charge < -0.3 is 27.4 Å². The average Bonchev–Trinajstić information content (AvgIpc) is 3.05. The van der Waals surface area contributed by atoms with E-state index in [-0.39, 0.29) is 11.9 Å². The molecular formula is C16H21N7O2S. The summed E-state index contributed by atoms with van der Waals surface area (Å²) in [6, 6.07) is 7.18. The Morgan fingerprint density at radius 2 is 2.08 bits per heavy atom. The summed E-state index contributed by atoms with van der Waals surface area (Å²) < 4.78 is 0.